The van der Waals surface area contributed by atoms with Gasteiger partial charge in [-0.05, 0) is 63.2 Å². The lowest BCUT2D eigenvalue weighted by Crippen LogP contribution is -2.38. The number of cyclic esters (lactones) is 2. The Morgan fingerprint density at radius 3 is 1.56 bits per heavy atom. The maximum Gasteiger partial charge on any atom is 0.306 e. The van der Waals surface area contributed by atoms with Crippen molar-refractivity contribution in [2.24, 2.45) is 23.7 Å². The van der Waals surface area contributed by atoms with Crippen molar-refractivity contribution in [2.75, 3.05) is 0 Å². The van der Waals surface area contributed by atoms with E-state index in [4.69, 9.17) is 9.47 Å². The molecule has 6 aliphatic rings. The Morgan fingerprint density at radius 2 is 1.09 bits per heavy atom. The van der Waals surface area contributed by atoms with E-state index >= 15 is 0 Å². The summed E-state index contributed by atoms with van der Waals surface area (Å²) in [7, 11) is 0. The van der Waals surface area contributed by atoms with Crippen LogP contribution in [0.2, 0.25) is 0 Å². The molecule has 0 aromatic rings. The number of rotatable bonds is 3. The Balaban J connectivity index is 1.34. The number of allylic oxidation sites excluding steroid dienone is 6. The zero-order valence-electron chi connectivity index (χ0n) is 18.9. The van der Waals surface area contributed by atoms with Gasteiger partial charge in [-0.3, -0.25) is 9.59 Å². The van der Waals surface area contributed by atoms with Gasteiger partial charge in [0.05, 0.1) is 12.8 Å². The molecular weight excluding hydrogens is 400 g/mol. The molecule has 4 fully saturated rings. The minimum Gasteiger partial charge on any atom is -0.458 e. The summed E-state index contributed by atoms with van der Waals surface area (Å²) in [5.74, 6) is 0.896. The number of esters is 2. The van der Waals surface area contributed by atoms with Gasteiger partial charge in [0.25, 0.3) is 0 Å². The molecule has 6 rings (SSSR count). The number of carbonyl (C=O) groups excluding carboxylic acids is 2. The quantitative estimate of drug-likeness (QED) is 0.420. The van der Waals surface area contributed by atoms with E-state index in [9.17, 15) is 9.59 Å². The highest BCUT2D eigenvalue weighted by molar-refractivity contribution is 5.75. The maximum atomic E-state index is 12.6. The molecule has 0 bridgehead atoms. The van der Waals surface area contributed by atoms with Crippen LogP contribution in [0.5, 0.6) is 0 Å². The van der Waals surface area contributed by atoms with Crippen LogP contribution in [0.25, 0.3) is 0 Å². The first-order valence-corrected chi connectivity index (χ1v) is 12.8. The van der Waals surface area contributed by atoms with E-state index in [-0.39, 0.29) is 36.0 Å². The molecule has 0 radical (unpaired) electrons. The first kappa shape index (κ1) is 20.5. The van der Waals surface area contributed by atoms with E-state index < -0.39 is 0 Å². The summed E-state index contributed by atoms with van der Waals surface area (Å²) in [6.07, 6.45) is 21.1. The van der Waals surface area contributed by atoms with Crippen LogP contribution < -0.4 is 0 Å². The lowest BCUT2D eigenvalue weighted by Gasteiger charge is -2.36. The molecule has 0 aromatic carbocycles. The fourth-order valence-electron chi connectivity index (χ4n) is 7.45. The van der Waals surface area contributed by atoms with Crippen molar-refractivity contribution in [1.82, 2.24) is 0 Å². The molecule has 2 aliphatic heterocycles. The largest absolute Gasteiger partial charge is 0.458 e. The van der Waals surface area contributed by atoms with Gasteiger partial charge in [0.15, 0.2) is 0 Å². The summed E-state index contributed by atoms with van der Waals surface area (Å²) in [4.78, 5) is 25.2. The van der Waals surface area contributed by atoms with E-state index in [0.29, 0.717) is 24.7 Å². The summed E-state index contributed by atoms with van der Waals surface area (Å²) in [5.41, 5.74) is 5.91. The third-order valence-electron chi connectivity index (χ3n) is 8.88. The zero-order valence-corrected chi connectivity index (χ0v) is 18.9. The number of hydrogen-bond donors (Lipinski definition) is 0. The van der Waals surface area contributed by atoms with E-state index in [1.807, 2.05) is 0 Å². The Kier molecular flexibility index (Phi) is 5.35. The predicted molar refractivity (Wildman–Crippen MR) is 121 cm³/mol. The van der Waals surface area contributed by atoms with Gasteiger partial charge in [-0.2, -0.15) is 0 Å². The Bertz CT molecular complexity index is 859. The molecule has 0 amide bonds. The number of hydrogen-bond acceptors (Lipinski definition) is 4. The fraction of sp³-hybridized carbons (Fsp3) is 0.643. The first-order chi connectivity index (χ1) is 15.7. The number of fused-ring (bicyclic) bond motifs is 2. The van der Waals surface area contributed by atoms with Gasteiger partial charge in [0.2, 0.25) is 0 Å². The normalized spacial score (nSPS) is 39.1. The van der Waals surface area contributed by atoms with Crippen LogP contribution in [0, 0.1) is 23.7 Å². The van der Waals surface area contributed by atoms with Crippen molar-refractivity contribution < 1.29 is 19.1 Å². The summed E-state index contributed by atoms with van der Waals surface area (Å²) in [6.45, 7) is 0. The third-order valence-corrected chi connectivity index (χ3v) is 8.88. The van der Waals surface area contributed by atoms with Crippen molar-refractivity contribution in [3.8, 4) is 0 Å². The van der Waals surface area contributed by atoms with Gasteiger partial charge in [0.1, 0.15) is 12.2 Å². The molecule has 0 aromatic heterocycles. The predicted octanol–water partition coefficient (Wildman–Crippen LogP) is 5.74. The highest BCUT2D eigenvalue weighted by Crippen LogP contribution is 2.48. The molecule has 6 unspecified atom stereocenters. The molecule has 4 nitrogen and oxygen atoms in total. The minimum atomic E-state index is -0.337. The van der Waals surface area contributed by atoms with Crippen molar-refractivity contribution >= 4 is 11.9 Å². The van der Waals surface area contributed by atoms with Gasteiger partial charge in [-0.25, -0.2) is 0 Å². The molecule has 2 saturated carbocycles. The van der Waals surface area contributed by atoms with Crippen molar-refractivity contribution in [1.29, 1.82) is 0 Å². The molecule has 6 atom stereocenters. The number of ether oxygens (including phenoxy) is 2. The van der Waals surface area contributed by atoms with Crippen LogP contribution in [-0.2, 0) is 19.1 Å². The van der Waals surface area contributed by atoms with Crippen molar-refractivity contribution in [3.63, 3.8) is 0 Å². The SMILES string of the molecule is O=C1CC(C2=C3CCCCC3C=CC2)C(C2OC(=O)CC2C2=C3CCCCC3C=CC2)O1. The van der Waals surface area contributed by atoms with E-state index in [1.54, 1.807) is 11.1 Å². The smallest absolute Gasteiger partial charge is 0.306 e. The van der Waals surface area contributed by atoms with Gasteiger partial charge < -0.3 is 9.47 Å². The Hall–Kier alpha value is -2.10. The lowest BCUT2D eigenvalue weighted by molar-refractivity contribution is -0.155. The third kappa shape index (κ3) is 3.50. The molecule has 0 N–H and O–H groups in total. The van der Waals surface area contributed by atoms with E-state index in [2.05, 4.69) is 24.3 Å². The highest BCUT2D eigenvalue weighted by Gasteiger charge is 2.52. The van der Waals surface area contributed by atoms with Crippen LogP contribution in [0.15, 0.2) is 46.6 Å². The second kappa shape index (κ2) is 8.35. The van der Waals surface area contributed by atoms with Gasteiger partial charge in [-0.15, -0.1) is 0 Å². The van der Waals surface area contributed by atoms with Crippen molar-refractivity contribution in [3.05, 3.63) is 46.6 Å². The minimum absolute atomic E-state index is 0.0494. The van der Waals surface area contributed by atoms with Gasteiger partial charge in [-0.1, -0.05) is 59.4 Å². The Morgan fingerprint density at radius 1 is 0.625 bits per heavy atom. The summed E-state index contributed by atoms with van der Waals surface area (Å²) >= 11 is 0. The zero-order chi connectivity index (χ0) is 21.7. The molecular formula is C28H34O4. The van der Waals surface area contributed by atoms with Crippen LogP contribution in [-0.4, -0.2) is 24.1 Å². The fourth-order valence-corrected chi connectivity index (χ4v) is 7.45. The van der Waals surface area contributed by atoms with Crippen LogP contribution in [0.1, 0.15) is 77.0 Å². The molecule has 32 heavy (non-hydrogen) atoms. The Labute approximate surface area is 190 Å². The summed E-state index contributed by atoms with van der Waals surface area (Å²) < 4.78 is 12.0. The average molecular weight is 435 g/mol. The second-order valence-corrected chi connectivity index (χ2v) is 10.6. The molecule has 170 valence electrons. The molecule has 4 aliphatic carbocycles. The number of carbonyl (C=O) groups is 2. The van der Waals surface area contributed by atoms with Gasteiger partial charge in [0, 0.05) is 11.8 Å². The van der Waals surface area contributed by atoms with E-state index in [1.165, 1.54) is 49.7 Å². The standard InChI is InChI=1S/C28H34O4/c29-25-15-23(21-13-5-9-17-7-1-3-11-19(17)21)27(31-25)28-24(16-26(30)32-28)22-14-6-10-18-8-2-4-12-20(18)22/h5-6,9-10,17-18,23-24,27-28H,1-4,7-8,11-16H2. The van der Waals surface area contributed by atoms with E-state index in [0.717, 1.165) is 25.7 Å². The molecule has 0 spiro atoms. The van der Waals surface area contributed by atoms with Gasteiger partial charge >= 0.3 is 11.9 Å². The molecule has 2 heterocycles. The average Bonchev–Trinajstić information content (AvgIpc) is 3.40. The van der Waals surface area contributed by atoms with Crippen molar-refractivity contribution in [2.45, 2.75) is 89.3 Å². The lowest BCUT2D eigenvalue weighted by atomic mass is 9.70. The first-order valence-electron chi connectivity index (χ1n) is 12.8. The van der Waals surface area contributed by atoms with Crippen LogP contribution >= 0.6 is 0 Å². The van der Waals surface area contributed by atoms with Crippen LogP contribution in [0.4, 0.5) is 0 Å². The monoisotopic (exact) mass is 434 g/mol. The molecule has 2 saturated heterocycles. The maximum absolute atomic E-state index is 12.6. The summed E-state index contributed by atoms with van der Waals surface area (Å²) in [6, 6.07) is 0. The molecule has 4 heteroatoms. The van der Waals surface area contributed by atoms with Crippen LogP contribution in [0.3, 0.4) is 0 Å². The topological polar surface area (TPSA) is 52.6 Å². The summed E-state index contributed by atoms with van der Waals surface area (Å²) in [5, 5.41) is 0. The second-order valence-electron chi connectivity index (χ2n) is 10.6. The highest BCUT2D eigenvalue weighted by atomic mass is 16.6.